The summed E-state index contributed by atoms with van der Waals surface area (Å²) >= 11 is 0. The Balaban J connectivity index is 4.61. The smallest absolute Gasteiger partial charge is 0.306 e. The molecule has 0 fully saturated rings. The van der Waals surface area contributed by atoms with Gasteiger partial charge in [-0.15, -0.1) is 0 Å². The third-order valence-corrected chi connectivity index (χ3v) is 9.94. The lowest BCUT2D eigenvalue weighted by Gasteiger charge is -2.18. The van der Waals surface area contributed by atoms with Crippen molar-refractivity contribution in [1.82, 2.24) is 0 Å². The van der Waals surface area contributed by atoms with Crippen LogP contribution in [-0.2, 0) is 28.6 Å². The highest BCUT2D eigenvalue weighted by Gasteiger charge is 2.19. The highest BCUT2D eigenvalue weighted by molar-refractivity contribution is 5.71. The van der Waals surface area contributed by atoms with Gasteiger partial charge in [0.25, 0.3) is 0 Å². The summed E-state index contributed by atoms with van der Waals surface area (Å²) in [5.74, 6) is -1.10. The van der Waals surface area contributed by atoms with Gasteiger partial charge in [-0.1, -0.05) is 194 Å². The van der Waals surface area contributed by atoms with Crippen LogP contribution in [0.25, 0.3) is 0 Å². The van der Waals surface area contributed by atoms with Crippen LogP contribution in [0, 0.1) is 0 Å². The van der Waals surface area contributed by atoms with E-state index < -0.39 is 12.1 Å². The number of unbranched alkanes of at least 4 members (excludes halogenated alkanes) is 12. The topological polar surface area (TPSA) is 78.9 Å². The second-order valence-electron chi connectivity index (χ2n) is 16.0. The molecule has 0 aliphatic rings. The number of hydrogen-bond acceptors (Lipinski definition) is 6. The van der Waals surface area contributed by atoms with E-state index >= 15 is 0 Å². The van der Waals surface area contributed by atoms with Crippen molar-refractivity contribution in [3.8, 4) is 0 Å². The van der Waals surface area contributed by atoms with E-state index in [9.17, 15) is 14.4 Å². The van der Waals surface area contributed by atoms with Crippen molar-refractivity contribution < 1.29 is 28.6 Å². The molecule has 0 aliphatic heterocycles. The first-order chi connectivity index (χ1) is 31.0. The van der Waals surface area contributed by atoms with Crippen molar-refractivity contribution >= 4 is 17.9 Å². The zero-order valence-electron chi connectivity index (χ0n) is 40.3. The first-order valence-corrected chi connectivity index (χ1v) is 25.0. The van der Waals surface area contributed by atoms with Gasteiger partial charge in [0.2, 0.25) is 0 Å². The van der Waals surface area contributed by atoms with Crippen LogP contribution in [0.1, 0.15) is 201 Å². The van der Waals surface area contributed by atoms with Crippen LogP contribution in [0.2, 0.25) is 0 Å². The lowest BCUT2D eigenvalue weighted by Crippen LogP contribution is -2.30. The number of carbonyl (C=O) groups is 3. The molecule has 0 aromatic rings. The van der Waals surface area contributed by atoms with Gasteiger partial charge in [0.05, 0.1) is 0 Å². The summed E-state index contributed by atoms with van der Waals surface area (Å²) in [6, 6.07) is 0. The van der Waals surface area contributed by atoms with Crippen LogP contribution in [0.4, 0.5) is 0 Å². The van der Waals surface area contributed by atoms with E-state index in [4.69, 9.17) is 14.2 Å². The van der Waals surface area contributed by atoms with Gasteiger partial charge in [-0.2, -0.15) is 0 Å². The molecule has 6 nitrogen and oxygen atoms in total. The van der Waals surface area contributed by atoms with Crippen molar-refractivity contribution in [2.45, 2.75) is 207 Å². The highest BCUT2D eigenvalue weighted by atomic mass is 16.6. The Morgan fingerprint density at radius 1 is 0.333 bits per heavy atom. The third-order valence-electron chi connectivity index (χ3n) is 9.94. The van der Waals surface area contributed by atoms with Gasteiger partial charge in [-0.3, -0.25) is 14.4 Å². The first kappa shape index (κ1) is 58.8. The molecule has 0 spiro atoms. The Bertz CT molecular complexity index is 1370. The number of hydrogen-bond donors (Lipinski definition) is 0. The molecule has 63 heavy (non-hydrogen) atoms. The Morgan fingerprint density at radius 2 is 0.667 bits per heavy atom. The molecule has 0 amide bonds. The Kier molecular flexibility index (Phi) is 47.1. The van der Waals surface area contributed by atoms with Crippen molar-refractivity contribution in [1.29, 1.82) is 0 Å². The maximum Gasteiger partial charge on any atom is 0.306 e. The maximum absolute atomic E-state index is 12.7. The van der Waals surface area contributed by atoms with Crippen LogP contribution < -0.4 is 0 Å². The number of rotatable bonds is 43. The van der Waals surface area contributed by atoms with Gasteiger partial charge in [-0.25, -0.2) is 0 Å². The molecule has 0 aliphatic carbocycles. The molecule has 1 unspecified atom stereocenters. The minimum absolute atomic E-state index is 0.134. The average Bonchev–Trinajstić information content (AvgIpc) is 3.28. The molecule has 0 N–H and O–H groups in total. The summed E-state index contributed by atoms with van der Waals surface area (Å²) < 4.78 is 16.6. The van der Waals surface area contributed by atoms with E-state index in [1.54, 1.807) is 0 Å². The van der Waals surface area contributed by atoms with Crippen molar-refractivity contribution in [2.24, 2.45) is 0 Å². The minimum atomic E-state index is -0.846. The molecule has 354 valence electrons. The molecule has 0 heterocycles. The Morgan fingerprint density at radius 3 is 1.10 bits per heavy atom. The van der Waals surface area contributed by atoms with E-state index in [-0.39, 0.29) is 38.0 Å². The molecule has 6 heteroatoms. The highest BCUT2D eigenvalue weighted by Crippen LogP contribution is 2.11. The predicted octanol–water partition coefficient (Wildman–Crippen LogP) is 16.5. The zero-order valence-corrected chi connectivity index (χ0v) is 40.3. The van der Waals surface area contributed by atoms with Crippen LogP contribution in [0.5, 0.6) is 0 Å². The summed E-state index contributed by atoms with van der Waals surface area (Å²) in [5.41, 5.74) is 0. The Labute approximate surface area is 386 Å². The van der Waals surface area contributed by atoms with Gasteiger partial charge in [0.1, 0.15) is 13.2 Å². The van der Waals surface area contributed by atoms with Crippen LogP contribution in [0.3, 0.4) is 0 Å². The molecule has 0 saturated carbocycles. The Hall–Kier alpha value is -4.19. The summed E-state index contributed by atoms with van der Waals surface area (Å²) in [6.45, 7) is 6.26. The summed E-state index contributed by atoms with van der Waals surface area (Å²) in [5, 5.41) is 0. The molecule has 0 aromatic heterocycles. The lowest BCUT2D eigenvalue weighted by molar-refractivity contribution is -0.166. The predicted molar refractivity (Wildman–Crippen MR) is 269 cm³/mol. The SMILES string of the molecule is CC/C=C\C/C=C\C/C=C\C/C=C\C/C=C\CCC(=O)OC(COC(=O)CCC/C=C\C/C=C\C/C=C\CCCCCCCC)COC(=O)CCCCCCC/C=C\C/C=C\CC. The van der Waals surface area contributed by atoms with Crippen LogP contribution in [-0.4, -0.2) is 37.2 Å². The van der Waals surface area contributed by atoms with Crippen molar-refractivity contribution in [3.63, 3.8) is 0 Å². The van der Waals surface area contributed by atoms with Gasteiger partial charge in [0.15, 0.2) is 6.10 Å². The molecular formula is C57H90O6. The summed E-state index contributed by atoms with van der Waals surface area (Å²) in [4.78, 5) is 37.9. The van der Waals surface area contributed by atoms with Crippen LogP contribution in [0.15, 0.2) is 122 Å². The van der Waals surface area contributed by atoms with E-state index in [1.807, 2.05) is 12.2 Å². The van der Waals surface area contributed by atoms with Crippen molar-refractivity contribution in [2.75, 3.05) is 13.2 Å². The fourth-order valence-electron chi connectivity index (χ4n) is 6.25. The lowest BCUT2D eigenvalue weighted by atomic mass is 10.1. The molecule has 0 saturated heterocycles. The quantitative estimate of drug-likeness (QED) is 0.0263. The van der Waals surface area contributed by atoms with Gasteiger partial charge < -0.3 is 14.2 Å². The normalized spacial score (nSPS) is 13.1. The number of carbonyl (C=O) groups excluding carboxylic acids is 3. The number of ether oxygens (including phenoxy) is 3. The second kappa shape index (κ2) is 50.5. The first-order valence-electron chi connectivity index (χ1n) is 25.0. The van der Waals surface area contributed by atoms with E-state index in [0.29, 0.717) is 19.3 Å². The van der Waals surface area contributed by atoms with Crippen LogP contribution >= 0.6 is 0 Å². The molecule has 1 atom stereocenters. The van der Waals surface area contributed by atoms with E-state index in [0.717, 1.165) is 103 Å². The average molecular weight is 871 g/mol. The third kappa shape index (κ3) is 48.7. The standard InChI is InChI=1S/C57H90O6/c1-4-7-10-13-16-19-22-25-27-29-31-32-35-38-41-44-47-50-56(59)62-53-54(52-61-55(58)49-46-43-40-37-34-24-21-18-15-12-9-6-3)63-57(60)51-48-45-42-39-36-33-30-28-26-23-20-17-14-11-8-5-2/h8-9,11-12,17-18,20-21,25-28,31-33,36,38,41-42,45,54H,4-7,10,13-16,19,22-24,29-30,34-35,37,39-40,43-44,46-53H2,1-3H3/b11-8-,12-9-,20-17-,21-18-,27-25-,28-26-,32-31-,36-33-,41-38-,45-42-. The fourth-order valence-corrected chi connectivity index (χ4v) is 6.25. The maximum atomic E-state index is 12.7. The molecule has 0 bridgehead atoms. The molecule has 0 aromatic carbocycles. The largest absolute Gasteiger partial charge is 0.462 e. The van der Waals surface area contributed by atoms with E-state index in [2.05, 4.69) is 130 Å². The number of esters is 3. The molecule has 0 radical (unpaired) electrons. The van der Waals surface area contributed by atoms with E-state index in [1.165, 1.54) is 44.9 Å². The number of allylic oxidation sites excluding steroid dienone is 20. The minimum Gasteiger partial charge on any atom is -0.462 e. The second-order valence-corrected chi connectivity index (χ2v) is 16.0. The monoisotopic (exact) mass is 871 g/mol. The van der Waals surface area contributed by atoms with Crippen molar-refractivity contribution in [3.05, 3.63) is 122 Å². The fraction of sp³-hybridized carbons (Fsp3) is 0.596. The molecular weight excluding hydrogens is 781 g/mol. The summed E-state index contributed by atoms with van der Waals surface area (Å²) in [6.07, 6.45) is 69.2. The van der Waals surface area contributed by atoms with Gasteiger partial charge in [-0.05, 0) is 109 Å². The van der Waals surface area contributed by atoms with Gasteiger partial charge >= 0.3 is 17.9 Å². The zero-order chi connectivity index (χ0) is 45.8. The van der Waals surface area contributed by atoms with Gasteiger partial charge in [0, 0.05) is 19.3 Å². The summed E-state index contributed by atoms with van der Waals surface area (Å²) in [7, 11) is 0. The molecule has 0 rings (SSSR count).